The van der Waals surface area contributed by atoms with Crippen LogP contribution in [0.25, 0.3) is 42.1 Å². The molecular formula is C42H39NO2S. The van der Waals surface area contributed by atoms with Gasteiger partial charge in [0.1, 0.15) is 11.2 Å². The third-order valence-corrected chi connectivity index (χ3v) is 11.0. The van der Waals surface area contributed by atoms with Gasteiger partial charge >= 0.3 is 0 Å². The van der Waals surface area contributed by atoms with E-state index in [1.807, 2.05) is 23.5 Å². The third-order valence-electron chi connectivity index (χ3n) is 9.88. The zero-order valence-electron chi connectivity index (χ0n) is 27.8. The van der Waals surface area contributed by atoms with Gasteiger partial charge in [-0.3, -0.25) is 4.79 Å². The summed E-state index contributed by atoms with van der Waals surface area (Å²) in [7, 11) is 0. The van der Waals surface area contributed by atoms with E-state index in [2.05, 4.69) is 139 Å². The molecule has 0 spiro atoms. The maximum atomic E-state index is 14.7. The normalized spacial score (nSPS) is 14.7. The molecular weight excluding hydrogens is 583 g/mol. The van der Waals surface area contributed by atoms with Gasteiger partial charge in [-0.1, -0.05) is 104 Å². The van der Waals surface area contributed by atoms with Crippen molar-refractivity contribution in [1.82, 2.24) is 0 Å². The van der Waals surface area contributed by atoms with Gasteiger partial charge < -0.3 is 9.32 Å². The number of thiophene rings is 1. The number of hydrogen-bond donors (Lipinski definition) is 0. The van der Waals surface area contributed by atoms with Gasteiger partial charge in [-0.25, -0.2) is 0 Å². The molecule has 3 nitrogen and oxygen atoms in total. The summed E-state index contributed by atoms with van der Waals surface area (Å²) in [5, 5.41) is 3.91. The molecule has 0 aliphatic carbocycles. The monoisotopic (exact) mass is 621 g/mol. The molecule has 0 N–H and O–H groups in total. The van der Waals surface area contributed by atoms with E-state index in [-0.39, 0.29) is 21.7 Å². The number of anilines is 3. The van der Waals surface area contributed by atoms with Crippen molar-refractivity contribution in [3.8, 4) is 0 Å². The molecule has 1 aliphatic heterocycles. The number of para-hydroxylation sites is 1. The number of rotatable bonds is 1. The highest BCUT2D eigenvalue weighted by Gasteiger charge is 2.39. The summed E-state index contributed by atoms with van der Waals surface area (Å²) < 4.78 is 9.30. The molecule has 46 heavy (non-hydrogen) atoms. The summed E-state index contributed by atoms with van der Waals surface area (Å²) in [6, 6.07) is 32.4. The first-order valence-corrected chi connectivity index (χ1v) is 17.0. The van der Waals surface area contributed by atoms with Crippen molar-refractivity contribution in [1.29, 1.82) is 0 Å². The molecule has 4 heteroatoms. The Bertz CT molecular complexity index is 2450. The highest BCUT2D eigenvalue weighted by Crippen LogP contribution is 2.56. The van der Waals surface area contributed by atoms with E-state index in [1.165, 1.54) is 31.3 Å². The quantitative estimate of drug-likeness (QED) is 0.171. The number of fused-ring (bicyclic) bond motifs is 8. The second-order valence-corrected chi connectivity index (χ2v) is 16.5. The fourth-order valence-electron chi connectivity index (χ4n) is 7.66. The van der Waals surface area contributed by atoms with E-state index in [0.717, 1.165) is 28.2 Å². The summed E-state index contributed by atoms with van der Waals surface area (Å²) in [5.41, 5.74) is 8.58. The smallest absolute Gasteiger partial charge is 0.200 e. The Morgan fingerprint density at radius 3 is 2.13 bits per heavy atom. The predicted octanol–water partition coefficient (Wildman–Crippen LogP) is 12.0. The molecule has 1 aliphatic rings. The molecule has 2 aromatic heterocycles. The molecule has 7 aromatic rings. The van der Waals surface area contributed by atoms with Crippen molar-refractivity contribution in [3.63, 3.8) is 0 Å². The fraction of sp³-hybridized carbons (Fsp3) is 0.262. The number of nitrogens with zero attached hydrogens (tertiary/aromatic N) is 1. The average Bonchev–Trinajstić information content (AvgIpc) is 3.38. The van der Waals surface area contributed by atoms with Crippen molar-refractivity contribution in [2.75, 3.05) is 4.90 Å². The lowest BCUT2D eigenvalue weighted by Crippen LogP contribution is -2.30. The predicted molar refractivity (Wildman–Crippen MR) is 197 cm³/mol. The van der Waals surface area contributed by atoms with E-state index in [4.69, 9.17) is 4.42 Å². The minimum Gasteiger partial charge on any atom is -0.455 e. The van der Waals surface area contributed by atoms with Gasteiger partial charge in [0.25, 0.3) is 0 Å². The summed E-state index contributed by atoms with van der Waals surface area (Å²) in [6.45, 7) is 17.7. The minimum atomic E-state index is -0.233. The number of hydrogen-bond acceptors (Lipinski definition) is 4. The van der Waals surface area contributed by atoms with Crippen LogP contribution in [0.5, 0.6) is 0 Å². The Balaban J connectivity index is 1.45. The lowest BCUT2D eigenvalue weighted by atomic mass is 9.72. The van der Waals surface area contributed by atoms with Crippen LogP contribution < -0.4 is 10.3 Å². The Hall–Kier alpha value is -4.41. The van der Waals surface area contributed by atoms with Crippen LogP contribution >= 0.6 is 11.3 Å². The van der Waals surface area contributed by atoms with Crippen LogP contribution in [0.3, 0.4) is 0 Å². The van der Waals surface area contributed by atoms with Gasteiger partial charge in [0, 0.05) is 36.8 Å². The second kappa shape index (κ2) is 9.56. The van der Waals surface area contributed by atoms with Crippen LogP contribution in [0.1, 0.15) is 77.6 Å². The third kappa shape index (κ3) is 4.05. The molecule has 0 fully saturated rings. The summed E-state index contributed by atoms with van der Waals surface area (Å²) in [4.78, 5) is 17.0. The molecule has 5 aromatic carbocycles. The molecule has 0 bridgehead atoms. The lowest BCUT2D eigenvalue weighted by Gasteiger charge is -2.42. The van der Waals surface area contributed by atoms with Crippen LogP contribution in [0.15, 0.2) is 100 Å². The van der Waals surface area contributed by atoms with Crippen LogP contribution in [0.2, 0.25) is 0 Å². The summed E-state index contributed by atoms with van der Waals surface area (Å²) in [5.74, 6) is 0. The first-order chi connectivity index (χ1) is 21.8. The van der Waals surface area contributed by atoms with E-state index in [0.29, 0.717) is 21.9 Å². The van der Waals surface area contributed by atoms with Crippen LogP contribution in [-0.4, -0.2) is 0 Å². The summed E-state index contributed by atoms with van der Waals surface area (Å²) in [6.07, 6.45) is 0. The SMILES string of the molecule is CC(C)(C)c1ccc(C(C)(C)C)c2c(=O)c3cc(N4c5ccccc5C(C)(C)c5c4ccc4sc6ccccc6c54)ccc3oc12. The second-order valence-electron chi connectivity index (χ2n) is 15.4. The first-order valence-electron chi connectivity index (χ1n) is 16.2. The van der Waals surface area contributed by atoms with E-state index in [1.54, 1.807) is 0 Å². The minimum absolute atomic E-state index is 0.0271. The van der Waals surface area contributed by atoms with Crippen LogP contribution in [-0.2, 0) is 16.2 Å². The largest absolute Gasteiger partial charge is 0.455 e. The molecule has 0 radical (unpaired) electrons. The highest BCUT2D eigenvalue weighted by molar-refractivity contribution is 7.25. The standard InChI is InChI=1S/C42H39NO2S/c1-40(2,3)28-18-19-29(41(4,5)6)39-36(28)38(44)26-23-24(17-21-32(26)45-39)43-30-15-11-10-14-27(30)42(7,8)37-31(43)20-22-34-35(37)25-13-9-12-16-33(25)46-34/h9-23H,1-8H3. The molecule has 0 saturated heterocycles. The van der Waals surface area contributed by atoms with E-state index >= 15 is 0 Å². The lowest BCUT2D eigenvalue weighted by molar-refractivity contribution is 0.562. The van der Waals surface area contributed by atoms with Crippen molar-refractivity contribution >= 4 is 70.5 Å². The van der Waals surface area contributed by atoms with Gasteiger partial charge in [0.15, 0.2) is 0 Å². The van der Waals surface area contributed by atoms with E-state index < -0.39 is 0 Å². The van der Waals surface area contributed by atoms with Crippen molar-refractivity contribution in [2.24, 2.45) is 0 Å². The fourth-order valence-corrected chi connectivity index (χ4v) is 8.78. The molecule has 8 rings (SSSR count). The Kier molecular flexibility index (Phi) is 6.03. The maximum absolute atomic E-state index is 14.7. The highest BCUT2D eigenvalue weighted by atomic mass is 32.1. The zero-order chi connectivity index (χ0) is 32.3. The zero-order valence-corrected chi connectivity index (χ0v) is 28.6. The molecule has 0 atom stereocenters. The van der Waals surface area contributed by atoms with Gasteiger partial charge in [-0.2, -0.15) is 0 Å². The first kappa shape index (κ1) is 29.0. The summed E-state index contributed by atoms with van der Waals surface area (Å²) >= 11 is 1.85. The van der Waals surface area contributed by atoms with Gasteiger partial charge in [0.05, 0.1) is 22.1 Å². The maximum Gasteiger partial charge on any atom is 0.200 e. The number of benzene rings is 5. The van der Waals surface area contributed by atoms with E-state index in [9.17, 15) is 4.79 Å². The van der Waals surface area contributed by atoms with Gasteiger partial charge in [-0.15, -0.1) is 11.3 Å². The molecule has 0 saturated carbocycles. The molecule has 0 amide bonds. The van der Waals surface area contributed by atoms with Crippen LogP contribution in [0, 0.1) is 0 Å². The molecule has 230 valence electrons. The van der Waals surface area contributed by atoms with Crippen molar-refractivity contribution in [2.45, 2.75) is 71.6 Å². The topological polar surface area (TPSA) is 33.5 Å². The van der Waals surface area contributed by atoms with Crippen molar-refractivity contribution < 1.29 is 4.42 Å². The average molecular weight is 622 g/mol. The van der Waals surface area contributed by atoms with Crippen LogP contribution in [0.4, 0.5) is 17.1 Å². The molecule has 3 heterocycles. The molecule has 0 unspecified atom stereocenters. The van der Waals surface area contributed by atoms with Crippen molar-refractivity contribution in [3.05, 3.63) is 123 Å². The Morgan fingerprint density at radius 2 is 1.37 bits per heavy atom. The van der Waals surface area contributed by atoms with Gasteiger partial charge in [-0.05, 0) is 70.0 Å². The Labute approximate surface area is 274 Å². The Morgan fingerprint density at radius 1 is 0.674 bits per heavy atom. The van der Waals surface area contributed by atoms with Gasteiger partial charge in [0.2, 0.25) is 5.43 Å².